The van der Waals surface area contributed by atoms with E-state index in [0.717, 1.165) is 19.3 Å². The van der Waals surface area contributed by atoms with Crippen molar-refractivity contribution in [2.24, 2.45) is 5.73 Å². The fourth-order valence-corrected chi connectivity index (χ4v) is 3.16. The molecule has 1 aromatic carbocycles. The third-order valence-electron chi connectivity index (χ3n) is 4.27. The molecule has 2 rings (SSSR count). The quantitative estimate of drug-likeness (QED) is 0.731. The molecule has 1 aromatic rings. The first-order valence-corrected chi connectivity index (χ1v) is 9.08. The number of hydrogen-bond donors (Lipinski definition) is 2. The van der Waals surface area contributed by atoms with Gasteiger partial charge in [0.15, 0.2) is 6.10 Å². The summed E-state index contributed by atoms with van der Waals surface area (Å²) < 4.78 is 5.74. The molecule has 2 atom stereocenters. The van der Waals surface area contributed by atoms with Crippen LogP contribution in [0.5, 0.6) is 5.75 Å². The summed E-state index contributed by atoms with van der Waals surface area (Å²) in [7, 11) is 0. The van der Waals surface area contributed by atoms with Gasteiger partial charge in [0, 0.05) is 37.1 Å². The topological polar surface area (TPSA) is 84.7 Å². The van der Waals surface area contributed by atoms with E-state index in [9.17, 15) is 9.59 Å². The fraction of sp³-hybridized carbons (Fsp3) is 0.556. The van der Waals surface area contributed by atoms with Crippen LogP contribution in [-0.2, 0) is 9.59 Å². The van der Waals surface area contributed by atoms with E-state index in [1.807, 2.05) is 4.90 Å². The minimum absolute atomic E-state index is 0. The maximum atomic E-state index is 12.8. The number of likely N-dealkylation sites (tertiary alicyclic amines) is 1. The van der Waals surface area contributed by atoms with Gasteiger partial charge in [-0.05, 0) is 44.4 Å². The molecular formula is C18H27Cl2N3O3. The molecule has 0 aromatic heterocycles. The number of rotatable bonds is 7. The van der Waals surface area contributed by atoms with Gasteiger partial charge in [0.25, 0.3) is 5.91 Å². The van der Waals surface area contributed by atoms with Crippen molar-refractivity contribution in [2.45, 2.75) is 44.8 Å². The average molecular weight is 404 g/mol. The zero-order valence-electron chi connectivity index (χ0n) is 14.9. The van der Waals surface area contributed by atoms with Crippen molar-refractivity contribution in [3.05, 3.63) is 29.3 Å². The lowest BCUT2D eigenvalue weighted by atomic mass is 10.0. The Balaban J connectivity index is 0.00000338. The lowest BCUT2D eigenvalue weighted by Gasteiger charge is -2.37. The first kappa shape index (κ1) is 22.5. The summed E-state index contributed by atoms with van der Waals surface area (Å²) in [6.07, 6.45) is 2.57. The summed E-state index contributed by atoms with van der Waals surface area (Å²) >= 11 is 5.95. The number of hydrogen-bond acceptors (Lipinski definition) is 4. The number of nitrogens with two attached hydrogens (primary N) is 1. The number of carbonyl (C=O) groups is 2. The molecule has 1 fully saturated rings. The van der Waals surface area contributed by atoms with Gasteiger partial charge < -0.3 is 20.7 Å². The van der Waals surface area contributed by atoms with Gasteiger partial charge in [-0.2, -0.15) is 0 Å². The predicted octanol–water partition coefficient (Wildman–Crippen LogP) is 2.38. The van der Waals surface area contributed by atoms with Gasteiger partial charge in [-0.25, -0.2) is 0 Å². The van der Waals surface area contributed by atoms with Gasteiger partial charge in [0.1, 0.15) is 5.75 Å². The number of ether oxygens (including phenoxy) is 1. The van der Waals surface area contributed by atoms with E-state index in [1.54, 1.807) is 31.2 Å². The van der Waals surface area contributed by atoms with Crippen molar-refractivity contribution in [1.82, 2.24) is 10.2 Å². The number of carbonyl (C=O) groups excluding carboxylic acids is 2. The van der Waals surface area contributed by atoms with E-state index in [4.69, 9.17) is 22.1 Å². The summed E-state index contributed by atoms with van der Waals surface area (Å²) in [6.45, 7) is 3.19. The van der Waals surface area contributed by atoms with Gasteiger partial charge in [0.05, 0.1) is 0 Å². The molecule has 1 saturated heterocycles. The molecule has 146 valence electrons. The average Bonchev–Trinajstić information content (AvgIpc) is 2.60. The van der Waals surface area contributed by atoms with Crippen LogP contribution in [0.2, 0.25) is 5.02 Å². The molecular weight excluding hydrogens is 377 g/mol. The molecule has 2 unspecified atom stereocenters. The Morgan fingerprint density at radius 1 is 1.42 bits per heavy atom. The van der Waals surface area contributed by atoms with Crippen molar-refractivity contribution < 1.29 is 14.3 Å². The second-order valence-electron chi connectivity index (χ2n) is 6.24. The van der Waals surface area contributed by atoms with Crippen LogP contribution in [0.1, 0.15) is 32.6 Å². The zero-order chi connectivity index (χ0) is 18.2. The Labute approximate surface area is 165 Å². The lowest BCUT2D eigenvalue weighted by Crippen LogP contribution is -2.52. The van der Waals surface area contributed by atoms with Gasteiger partial charge in [0.2, 0.25) is 5.91 Å². The Morgan fingerprint density at radius 3 is 2.88 bits per heavy atom. The van der Waals surface area contributed by atoms with Gasteiger partial charge in [-0.3, -0.25) is 9.59 Å². The normalized spacial score (nSPS) is 17.8. The largest absolute Gasteiger partial charge is 0.481 e. The molecule has 0 aliphatic carbocycles. The smallest absolute Gasteiger partial charge is 0.263 e. The third-order valence-corrected chi connectivity index (χ3v) is 4.51. The van der Waals surface area contributed by atoms with Crippen molar-refractivity contribution in [3.8, 4) is 5.75 Å². The van der Waals surface area contributed by atoms with Crippen molar-refractivity contribution >= 4 is 35.8 Å². The van der Waals surface area contributed by atoms with E-state index in [-0.39, 0.29) is 30.3 Å². The van der Waals surface area contributed by atoms with Gasteiger partial charge in [-0.1, -0.05) is 17.7 Å². The zero-order valence-corrected chi connectivity index (χ0v) is 16.5. The molecule has 1 heterocycles. The fourth-order valence-electron chi connectivity index (χ4n) is 2.98. The summed E-state index contributed by atoms with van der Waals surface area (Å²) in [5.41, 5.74) is 5.39. The Bertz CT molecular complexity index is 601. The molecule has 0 saturated carbocycles. The van der Waals surface area contributed by atoms with Crippen LogP contribution in [0.4, 0.5) is 0 Å². The molecule has 0 radical (unpaired) electrons. The predicted molar refractivity (Wildman–Crippen MR) is 105 cm³/mol. The summed E-state index contributed by atoms with van der Waals surface area (Å²) in [5.74, 6) is 0.416. The molecule has 2 amide bonds. The monoisotopic (exact) mass is 403 g/mol. The van der Waals surface area contributed by atoms with Crippen molar-refractivity contribution in [1.29, 1.82) is 0 Å². The summed E-state index contributed by atoms with van der Waals surface area (Å²) in [6, 6.07) is 6.99. The first-order valence-electron chi connectivity index (χ1n) is 8.70. The van der Waals surface area contributed by atoms with Gasteiger partial charge in [-0.15, -0.1) is 12.4 Å². The van der Waals surface area contributed by atoms with Crippen molar-refractivity contribution in [2.75, 3.05) is 19.6 Å². The highest BCUT2D eigenvalue weighted by Crippen LogP contribution is 2.21. The SMILES string of the molecule is CC(Oc1cccc(Cl)c1)C(=O)N1CCCCC1CNC(=O)CCN.Cl. The Morgan fingerprint density at radius 2 is 2.19 bits per heavy atom. The molecule has 3 N–H and O–H groups in total. The maximum absolute atomic E-state index is 12.8. The van der Waals surface area contributed by atoms with Crippen molar-refractivity contribution in [3.63, 3.8) is 0 Å². The highest BCUT2D eigenvalue weighted by Gasteiger charge is 2.30. The van der Waals surface area contributed by atoms with Crippen LogP contribution >= 0.6 is 24.0 Å². The van der Waals surface area contributed by atoms with Crippen LogP contribution < -0.4 is 15.8 Å². The second-order valence-corrected chi connectivity index (χ2v) is 6.68. The number of nitrogens with one attached hydrogen (secondary N) is 1. The minimum atomic E-state index is -0.612. The highest BCUT2D eigenvalue weighted by molar-refractivity contribution is 6.30. The summed E-state index contributed by atoms with van der Waals surface area (Å²) in [4.78, 5) is 26.3. The van der Waals surface area contributed by atoms with Gasteiger partial charge >= 0.3 is 0 Å². The standard InChI is InChI=1S/C18H26ClN3O3.ClH/c1-13(25-16-7-4-5-14(19)11-16)18(24)22-10-3-2-6-15(22)12-21-17(23)8-9-20;/h4-5,7,11,13,15H,2-3,6,8-10,12,20H2,1H3,(H,21,23);1H. The van der Waals surface area contributed by atoms with E-state index in [0.29, 0.717) is 36.8 Å². The molecule has 1 aliphatic heterocycles. The van der Waals surface area contributed by atoms with Crippen LogP contribution in [0.25, 0.3) is 0 Å². The number of halogens is 2. The van der Waals surface area contributed by atoms with Crippen LogP contribution in [0.15, 0.2) is 24.3 Å². The van der Waals surface area contributed by atoms with E-state index in [1.165, 1.54) is 0 Å². The third kappa shape index (κ3) is 6.67. The molecule has 0 bridgehead atoms. The molecule has 6 nitrogen and oxygen atoms in total. The molecule has 1 aliphatic rings. The second kappa shape index (κ2) is 11.3. The van der Waals surface area contributed by atoms with E-state index in [2.05, 4.69) is 5.32 Å². The lowest BCUT2D eigenvalue weighted by molar-refractivity contribution is -0.142. The van der Waals surface area contributed by atoms with Crippen LogP contribution in [-0.4, -0.2) is 48.5 Å². The highest BCUT2D eigenvalue weighted by atomic mass is 35.5. The number of amides is 2. The molecule has 26 heavy (non-hydrogen) atoms. The Hall–Kier alpha value is -1.50. The Kier molecular flexibility index (Phi) is 9.76. The van der Waals surface area contributed by atoms with Crippen LogP contribution in [0.3, 0.4) is 0 Å². The first-order chi connectivity index (χ1) is 12.0. The molecule has 8 heteroatoms. The number of nitrogens with zero attached hydrogens (tertiary/aromatic N) is 1. The van der Waals surface area contributed by atoms with Crippen LogP contribution in [0, 0.1) is 0 Å². The summed E-state index contributed by atoms with van der Waals surface area (Å²) in [5, 5.41) is 3.43. The van der Waals surface area contributed by atoms with E-state index < -0.39 is 6.10 Å². The van der Waals surface area contributed by atoms with E-state index >= 15 is 0 Å². The molecule has 0 spiro atoms. The minimum Gasteiger partial charge on any atom is -0.481 e. The number of benzene rings is 1. The maximum Gasteiger partial charge on any atom is 0.263 e. The number of piperidine rings is 1.